The van der Waals surface area contributed by atoms with E-state index in [-0.39, 0.29) is 11.5 Å². The number of carbonyl (C=O) groups is 1. The number of halogens is 1. The van der Waals surface area contributed by atoms with E-state index in [1.807, 2.05) is 48.5 Å². The minimum absolute atomic E-state index is 0.0272. The molecule has 1 amide bonds. The molecule has 156 valence electrons. The van der Waals surface area contributed by atoms with E-state index >= 15 is 0 Å². The van der Waals surface area contributed by atoms with Crippen LogP contribution in [0, 0.1) is 0 Å². The molecule has 1 N–H and O–H groups in total. The van der Waals surface area contributed by atoms with Crippen molar-refractivity contribution in [3.05, 3.63) is 81.1 Å². The molecular formula is C23H24BrN3O3. The third-order valence-corrected chi connectivity index (χ3v) is 5.20. The van der Waals surface area contributed by atoms with Gasteiger partial charge in [-0.15, -0.1) is 0 Å². The highest BCUT2D eigenvalue weighted by atomic mass is 79.9. The van der Waals surface area contributed by atoms with Crippen LogP contribution >= 0.6 is 15.9 Å². The molecule has 0 fully saturated rings. The van der Waals surface area contributed by atoms with Crippen LogP contribution in [0.15, 0.2) is 69.9 Å². The van der Waals surface area contributed by atoms with Gasteiger partial charge in [-0.1, -0.05) is 40.2 Å². The van der Waals surface area contributed by atoms with Gasteiger partial charge in [0.2, 0.25) is 5.91 Å². The Kier molecular flexibility index (Phi) is 7.79. The first-order valence-electron chi connectivity index (χ1n) is 9.79. The Labute approximate surface area is 184 Å². The monoisotopic (exact) mass is 469 g/mol. The first kappa shape index (κ1) is 21.8. The Morgan fingerprint density at radius 1 is 1.07 bits per heavy atom. The summed E-state index contributed by atoms with van der Waals surface area (Å²) in [5, 5.41) is 7.35. The van der Waals surface area contributed by atoms with Crippen LogP contribution in [-0.2, 0) is 17.8 Å². The van der Waals surface area contributed by atoms with Gasteiger partial charge in [-0.2, -0.15) is 5.10 Å². The van der Waals surface area contributed by atoms with Crippen molar-refractivity contribution in [3.63, 3.8) is 0 Å². The van der Waals surface area contributed by atoms with Crippen molar-refractivity contribution in [2.75, 3.05) is 13.7 Å². The van der Waals surface area contributed by atoms with Crippen molar-refractivity contribution >= 4 is 21.8 Å². The molecule has 1 heterocycles. The number of methoxy groups -OCH3 is 1. The van der Waals surface area contributed by atoms with Gasteiger partial charge in [0.05, 0.1) is 12.8 Å². The van der Waals surface area contributed by atoms with Crippen LogP contribution < -0.4 is 15.6 Å². The number of nitrogens with one attached hydrogen (secondary N) is 1. The maximum Gasteiger partial charge on any atom is 0.266 e. The van der Waals surface area contributed by atoms with Crippen molar-refractivity contribution in [1.82, 2.24) is 15.1 Å². The van der Waals surface area contributed by atoms with E-state index in [2.05, 4.69) is 26.3 Å². The predicted molar refractivity (Wildman–Crippen MR) is 121 cm³/mol. The molecule has 7 heteroatoms. The van der Waals surface area contributed by atoms with Crippen molar-refractivity contribution in [3.8, 4) is 17.0 Å². The lowest BCUT2D eigenvalue weighted by Crippen LogP contribution is -2.27. The zero-order valence-corrected chi connectivity index (χ0v) is 18.4. The Hall–Kier alpha value is -2.93. The quantitative estimate of drug-likeness (QED) is 0.516. The SMILES string of the molecule is COc1ccc(CCNC(=O)CCCn2nc(-c3ccc(Br)cc3)ccc2=O)cc1. The average Bonchev–Trinajstić information content (AvgIpc) is 2.76. The summed E-state index contributed by atoms with van der Waals surface area (Å²) < 4.78 is 7.54. The molecule has 3 rings (SSSR count). The first-order chi connectivity index (χ1) is 14.5. The topological polar surface area (TPSA) is 73.2 Å². The number of nitrogens with zero attached hydrogens (tertiary/aromatic N) is 2. The normalized spacial score (nSPS) is 10.6. The fourth-order valence-electron chi connectivity index (χ4n) is 3.00. The van der Waals surface area contributed by atoms with Crippen LogP contribution in [0.4, 0.5) is 0 Å². The fourth-order valence-corrected chi connectivity index (χ4v) is 3.26. The molecular weight excluding hydrogens is 446 g/mol. The summed E-state index contributed by atoms with van der Waals surface area (Å²) in [5.41, 5.74) is 2.63. The number of hydrogen-bond acceptors (Lipinski definition) is 4. The second kappa shape index (κ2) is 10.7. The van der Waals surface area contributed by atoms with Gasteiger partial charge in [-0.25, -0.2) is 4.68 Å². The molecule has 2 aromatic carbocycles. The van der Waals surface area contributed by atoms with Gasteiger partial charge in [-0.3, -0.25) is 9.59 Å². The lowest BCUT2D eigenvalue weighted by molar-refractivity contribution is -0.121. The first-order valence-corrected chi connectivity index (χ1v) is 10.6. The summed E-state index contributed by atoms with van der Waals surface area (Å²) in [4.78, 5) is 24.2. The number of aryl methyl sites for hydroxylation is 1. The Bertz CT molecular complexity index is 1030. The third kappa shape index (κ3) is 6.29. The number of carbonyl (C=O) groups excluding carboxylic acids is 1. The molecule has 0 aliphatic rings. The number of benzene rings is 2. The summed E-state index contributed by atoms with van der Waals surface area (Å²) in [6, 6.07) is 18.8. The Balaban J connectivity index is 1.46. The van der Waals surface area contributed by atoms with Crippen molar-refractivity contribution in [2.45, 2.75) is 25.8 Å². The molecule has 0 aliphatic heterocycles. The van der Waals surface area contributed by atoms with E-state index in [0.29, 0.717) is 25.9 Å². The number of aromatic nitrogens is 2. The highest BCUT2D eigenvalue weighted by Gasteiger charge is 2.06. The third-order valence-electron chi connectivity index (χ3n) is 4.68. The molecule has 0 spiro atoms. The fraction of sp³-hybridized carbons (Fsp3) is 0.261. The Morgan fingerprint density at radius 3 is 2.50 bits per heavy atom. The molecule has 3 aromatic rings. The summed E-state index contributed by atoms with van der Waals surface area (Å²) in [5.74, 6) is 0.788. The highest BCUT2D eigenvalue weighted by molar-refractivity contribution is 9.10. The molecule has 0 radical (unpaired) electrons. The van der Waals surface area contributed by atoms with Crippen LogP contribution in [0.5, 0.6) is 5.75 Å². The summed E-state index contributed by atoms with van der Waals surface area (Å²) in [6.07, 6.45) is 1.65. The largest absolute Gasteiger partial charge is 0.497 e. The van der Waals surface area contributed by atoms with E-state index in [4.69, 9.17) is 4.74 Å². The minimum Gasteiger partial charge on any atom is -0.497 e. The molecule has 0 saturated heterocycles. The molecule has 6 nitrogen and oxygen atoms in total. The number of hydrogen-bond donors (Lipinski definition) is 1. The van der Waals surface area contributed by atoms with Gasteiger partial charge in [-0.05, 0) is 48.7 Å². The van der Waals surface area contributed by atoms with Crippen LogP contribution in [0.2, 0.25) is 0 Å². The summed E-state index contributed by atoms with van der Waals surface area (Å²) in [6.45, 7) is 0.970. The molecule has 1 aromatic heterocycles. The standard InChI is InChI=1S/C23H24BrN3O3/c1-30-20-10-4-17(5-11-20)14-15-25-22(28)3-2-16-27-23(29)13-12-21(26-27)18-6-8-19(24)9-7-18/h4-13H,2-3,14-16H2,1H3,(H,25,28). The Morgan fingerprint density at radius 2 is 1.80 bits per heavy atom. The van der Waals surface area contributed by atoms with Crippen LogP contribution in [0.3, 0.4) is 0 Å². The number of ether oxygens (including phenoxy) is 1. The lowest BCUT2D eigenvalue weighted by Gasteiger charge is -2.08. The van der Waals surface area contributed by atoms with Crippen LogP contribution in [-0.4, -0.2) is 29.3 Å². The molecule has 30 heavy (non-hydrogen) atoms. The van der Waals surface area contributed by atoms with Crippen molar-refractivity contribution in [2.24, 2.45) is 0 Å². The summed E-state index contributed by atoms with van der Waals surface area (Å²) >= 11 is 3.41. The van der Waals surface area contributed by atoms with E-state index < -0.39 is 0 Å². The summed E-state index contributed by atoms with van der Waals surface area (Å²) in [7, 11) is 1.63. The predicted octanol–water partition coefficient (Wildman–Crippen LogP) is 3.82. The lowest BCUT2D eigenvalue weighted by atomic mass is 10.1. The van der Waals surface area contributed by atoms with Crippen molar-refractivity contribution < 1.29 is 9.53 Å². The molecule has 0 saturated carbocycles. The molecule has 0 unspecified atom stereocenters. The van der Waals surface area contributed by atoms with Gasteiger partial charge in [0, 0.05) is 35.6 Å². The molecule has 0 aliphatic carbocycles. The van der Waals surface area contributed by atoms with Gasteiger partial charge >= 0.3 is 0 Å². The highest BCUT2D eigenvalue weighted by Crippen LogP contribution is 2.18. The van der Waals surface area contributed by atoms with Gasteiger partial charge in [0.1, 0.15) is 5.75 Å². The van der Waals surface area contributed by atoms with Gasteiger partial charge in [0.25, 0.3) is 5.56 Å². The minimum atomic E-state index is -0.171. The van der Waals surface area contributed by atoms with Crippen molar-refractivity contribution in [1.29, 1.82) is 0 Å². The van der Waals surface area contributed by atoms with E-state index in [1.54, 1.807) is 13.2 Å². The average molecular weight is 470 g/mol. The van der Waals surface area contributed by atoms with Crippen LogP contribution in [0.1, 0.15) is 18.4 Å². The second-order valence-electron chi connectivity index (χ2n) is 6.84. The van der Waals surface area contributed by atoms with E-state index in [0.717, 1.165) is 33.5 Å². The van der Waals surface area contributed by atoms with Gasteiger partial charge < -0.3 is 10.1 Å². The zero-order valence-electron chi connectivity index (χ0n) is 16.8. The smallest absolute Gasteiger partial charge is 0.266 e. The zero-order chi connectivity index (χ0) is 21.3. The number of amides is 1. The van der Waals surface area contributed by atoms with E-state index in [9.17, 15) is 9.59 Å². The van der Waals surface area contributed by atoms with Gasteiger partial charge in [0.15, 0.2) is 0 Å². The van der Waals surface area contributed by atoms with E-state index in [1.165, 1.54) is 10.7 Å². The molecule has 0 atom stereocenters. The maximum atomic E-state index is 12.1. The van der Waals surface area contributed by atoms with Crippen LogP contribution in [0.25, 0.3) is 11.3 Å². The second-order valence-corrected chi connectivity index (χ2v) is 7.75. The molecule has 0 bridgehead atoms. The number of rotatable bonds is 9. The maximum absolute atomic E-state index is 12.1.